The van der Waals surface area contributed by atoms with Crippen LogP contribution in [0.4, 0.5) is 0 Å². The Balaban J connectivity index is 2.15. The first-order valence-electron chi connectivity index (χ1n) is 9.07. The van der Waals surface area contributed by atoms with Crippen molar-refractivity contribution >= 4 is 11.0 Å². The Morgan fingerprint density at radius 3 is 2.27 bits per heavy atom. The first-order chi connectivity index (χ1) is 12.4. The van der Waals surface area contributed by atoms with Crippen molar-refractivity contribution in [2.75, 3.05) is 0 Å². The molecule has 0 aliphatic carbocycles. The predicted molar refractivity (Wildman–Crippen MR) is 105 cm³/mol. The Morgan fingerprint density at radius 1 is 1.00 bits per heavy atom. The van der Waals surface area contributed by atoms with Crippen LogP contribution in [-0.2, 0) is 6.54 Å². The number of phenolic OH excluding ortho intramolecular Hbond substituents is 1. The third-order valence-electron chi connectivity index (χ3n) is 4.97. The number of aromatic hydroxyl groups is 1. The lowest BCUT2D eigenvalue weighted by Crippen LogP contribution is -3.16. The van der Waals surface area contributed by atoms with Gasteiger partial charge in [-0.3, -0.25) is 4.79 Å². The molecular formula is C22H26NO3+. The molecule has 3 aromatic rings. The molecule has 1 aromatic heterocycles. The van der Waals surface area contributed by atoms with E-state index >= 15 is 0 Å². The van der Waals surface area contributed by atoms with Gasteiger partial charge in [0, 0.05) is 0 Å². The van der Waals surface area contributed by atoms with Crippen molar-refractivity contribution in [2.45, 2.75) is 46.3 Å². The van der Waals surface area contributed by atoms with E-state index in [4.69, 9.17) is 4.42 Å². The second-order valence-corrected chi connectivity index (χ2v) is 7.35. The summed E-state index contributed by atoms with van der Waals surface area (Å²) >= 11 is 0. The average molecular weight is 352 g/mol. The van der Waals surface area contributed by atoms with Crippen LogP contribution in [0, 0.1) is 0 Å². The predicted octanol–water partition coefficient (Wildman–Crippen LogP) is 3.37. The molecule has 0 spiro atoms. The topological polar surface area (TPSA) is 54.9 Å². The van der Waals surface area contributed by atoms with Gasteiger partial charge in [0.1, 0.15) is 24.1 Å². The first kappa shape index (κ1) is 18.2. The Labute approximate surface area is 153 Å². The highest BCUT2D eigenvalue weighted by molar-refractivity contribution is 5.85. The van der Waals surface area contributed by atoms with Gasteiger partial charge in [0.25, 0.3) is 0 Å². The van der Waals surface area contributed by atoms with Crippen molar-refractivity contribution in [3.63, 3.8) is 0 Å². The fourth-order valence-electron chi connectivity index (χ4n) is 3.51. The maximum absolute atomic E-state index is 13.0. The minimum Gasteiger partial charge on any atom is -0.507 e. The van der Waals surface area contributed by atoms with E-state index in [0.29, 0.717) is 40.7 Å². The summed E-state index contributed by atoms with van der Waals surface area (Å²) in [7, 11) is 0. The van der Waals surface area contributed by atoms with Crippen molar-refractivity contribution in [3.8, 4) is 16.9 Å². The maximum atomic E-state index is 13.0. The van der Waals surface area contributed by atoms with Crippen LogP contribution in [0.25, 0.3) is 22.1 Å². The van der Waals surface area contributed by atoms with Crippen LogP contribution < -0.4 is 10.3 Å². The van der Waals surface area contributed by atoms with E-state index in [1.54, 1.807) is 12.1 Å². The number of phenols is 1. The molecule has 26 heavy (non-hydrogen) atoms. The van der Waals surface area contributed by atoms with Gasteiger partial charge < -0.3 is 14.4 Å². The molecule has 0 radical (unpaired) electrons. The van der Waals surface area contributed by atoms with Gasteiger partial charge in [0.15, 0.2) is 0 Å². The van der Waals surface area contributed by atoms with Gasteiger partial charge in [-0.15, -0.1) is 0 Å². The van der Waals surface area contributed by atoms with E-state index in [1.165, 1.54) is 11.2 Å². The van der Waals surface area contributed by atoms with Gasteiger partial charge in [-0.05, 0) is 45.4 Å². The van der Waals surface area contributed by atoms with Crippen LogP contribution in [-0.4, -0.2) is 17.2 Å². The molecule has 2 N–H and O–H groups in total. The van der Waals surface area contributed by atoms with Crippen LogP contribution in [0.1, 0.15) is 33.3 Å². The van der Waals surface area contributed by atoms with E-state index in [2.05, 4.69) is 27.7 Å². The minimum absolute atomic E-state index is 0.0747. The molecule has 0 saturated carbocycles. The molecule has 136 valence electrons. The molecule has 1 heterocycles. The zero-order valence-corrected chi connectivity index (χ0v) is 15.7. The van der Waals surface area contributed by atoms with Crippen molar-refractivity contribution in [1.29, 1.82) is 0 Å². The number of hydrogen-bond acceptors (Lipinski definition) is 3. The second-order valence-electron chi connectivity index (χ2n) is 7.35. The molecule has 0 fully saturated rings. The normalized spacial score (nSPS) is 11.8. The van der Waals surface area contributed by atoms with Crippen molar-refractivity contribution in [2.24, 2.45) is 0 Å². The SMILES string of the molecule is CC(C)[NH+](Cc1c(O)ccc2c(=O)c(-c3ccccc3)coc12)C(C)C. The largest absolute Gasteiger partial charge is 0.507 e. The van der Waals surface area contributed by atoms with Gasteiger partial charge in [-0.2, -0.15) is 0 Å². The Kier molecular flexibility index (Phi) is 5.14. The maximum Gasteiger partial charge on any atom is 0.200 e. The second kappa shape index (κ2) is 7.34. The van der Waals surface area contributed by atoms with Gasteiger partial charge in [-0.25, -0.2) is 0 Å². The van der Waals surface area contributed by atoms with Crippen LogP contribution in [0.15, 0.2) is 57.9 Å². The van der Waals surface area contributed by atoms with E-state index in [9.17, 15) is 9.90 Å². The lowest BCUT2D eigenvalue weighted by atomic mass is 10.0. The van der Waals surface area contributed by atoms with E-state index in [1.807, 2.05) is 30.3 Å². The molecule has 0 saturated heterocycles. The van der Waals surface area contributed by atoms with Crippen molar-refractivity contribution in [3.05, 3.63) is 64.5 Å². The molecule has 4 heteroatoms. The highest BCUT2D eigenvalue weighted by Gasteiger charge is 2.23. The summed E-state index contributed by atoms with van der Waals surface area (Å²) in [6.07, 6.45) is 1.51. The summed E-state index contributed by atoms with van der Waals surface area (Å²) < 4.78 is 5.88. The van der Waals surface area contributed by atoms with Crippen LogP contribution in [0.5, 0.6) is 5.75 Å². The Hall–Kier alpha value is -2.59. The monoisotopic (exact) mass is 352 g/mol. The van der Waals surface area contributed by atoms with Crippen molar-refractivity contribution < 1.29 is 14.4 Å². The van der Waals surface area contributed by atoms with Crippen molar-refractivity contribution in [1.82, 2.24) is 0 Å². The number of hydrogen-bond donors (Lipinski definition) is 2. The molecule has 0 aliphatic heterocycles. The molecule has 0 atom stereocenters. The van der Waals surface area contributed by atoms with E-state index in [-0.39, 0.29) is 11.2 Å². The number of nitrogens with one attached hydrogen (secondary N) is 1. The third-order valence-corrected chi connectivity index (χ3v) is 4.97. The molecule has 2 aromatic carbocycles. The standard InChI is InChI=1S/C22H25NO3/c1-14(2)23(15(3)4)12-18-20(24)11-10-17-21(25)19(13-26-22(17)18)16-8-6-5-7-9-16/h5-11,13-15,24H,12H2,1-4H3/p+1. The van der Waals surface area contributed by atoms with Gasteiger partial charge in [-0.1, -0.05) is 30.3 Å². The quantitative estimate of drug-likeness (QED) is 0.740. The van der Waals surface area contributed by atoms with Crippen LogP contribution in [0.3, 0.4) is 0 Å². The zero-order chi connectivity index (χ0) is 18.8. The number of quaternary nitrogens is 1. The molecule has 0 unspecified atom stereocenters. The average Bonchev–Trinajstić information content (AvgIpc) is 2.61. The van der Waals surface area contributed by atoms with Gasteiger partial charge in [0.05, 0.1) is 28.6 Å². The summed E-state index contributed by atoms with van der Waals surface area (Å²) in [5.74, 6) is 0.173. The zero-order valence-electron chi connectivity index (χ0n) is 15.7. The Morgan fingerprint density at radius 2 is 1.65 bits per heavy atom. The molecular weight excluding hydrogens is 326 g/mol. The van der Waals surface area contributed by atoms with Crippen LogP contribution in [0.2, 0.25) is 0 Å². The summed E-state index contributed by atoms with van der Waals surface area (Å²) in [6.45, 7) is 9.22. The van der Waals surface area contributed by atoms with E-state index < -0.39 is 0 Å². The molecule has 0 aliphatic rings. The van der Waals surface area contributed by atoms with Gasteiger partial charge in [0.2, 0.25) is 5.43 Å². The summed E-state index contributed by atoms with van der Waals surface area (Å²) in [5.41, 5.74) is 2.46. The number of rotatable bonds is 5. The molecule has 0 bridgehead atoms. The molecule has 4 nitrogen and oxygen atoms in total. The summed E-state index contributed by atoms with van der Waals surface area (Å²) in [4.78, 5) is 14.3. The lowest BCUT2D eigenvalue weighted by Gasteiger charge is -2.27. The molecule has 3 rings (SSSR count). The number of benzene rings is 2. The highest BCUT2D eigenvalue weighted by atomic mass is 16.3. The Bertz CT molecular complexity index is 950. The number of fused-ring (bicyclic) bond motifs is 1. The summed E-state index contributed by atoms with van der Waals surface area (Å²) in [5, 5.41) is 10.9. The summed E-state index contributed by atoms with van der Waals surface area (Å²) in [6, 6.07) is 13.5. The smallest absolute Gasteiger partial charge is 0.200 e. The van der Waals surface area contributed by atoms with Gasteiger partial charge >= 0.3 is 0 Å². The van der Waals surface area contributed by atoms with Crippen LogP contribution >= 0.6 is 0 Å². The molecule has 0 amide bonds. The fourth-order valence-corrected chi connectivity index (χ4v) is 3.51. The first-order valence-corrected chi connectivity index (χ1v) is 9.07. The highest BCUT2D eigenvalue weighted by Crippen LogP contribution is 2.27. The third kappa shape index (κ3) is 3.37. The minimum atomic E-state index is -0.0747. The van der Waals surface area contributed by atoms with E-state index in [0.717, 1.165) is 5.56 Å². The fraction of sp³-hybridized carbons (Fsp3) is 0.318. The lowest BCUT2D eigenvalue weighted by molar-refractivity contribution is -0.955.